The summed E-state index contributed by atoms with van der Waals surface area (Å²) in [6.07, 6.45) is 2.94. The number of imidazole rings is 1. The van der Waals surface area contributed by atoms with E-state index >= 15 is 0 Å². The molecule has 2 rings (SSSR count). The molecule has 0 aliphatic heterocycles. The Balaban J connectivity index is 2.76. The third-order valence-corrected chi connectivity index (χ3v) is 2.42. The first kappa shape index (κ1) is 10.4. The Morgan fingerprint density at radius 3 is 2.94 bits per heavy atom. The molecular weight excluding hydrogens is 208 g/mol. The largest absolute Gasteiger partial charge is 0.478 e. The van der Waals surface area contributed by atoms with Crippen LogP contribution in [-0.2, 0) is 6.42 Å². The predicted molar refractivity (Wildman–Crippen MR) is 56.9 cm³/mol. The van der Waals surface area contributed by atoms with Gasteiger partial charge in [-0.05, 0) is 12.1 Å². The number of carboxylic acids is 1. The Bertz CT molecular complexity index is 572. The second-order valence-electron chi connectivity index (χ2n) is 3.36. The molecule has 0 unspecified atom stereocenters. The van der Waals surface area contributed by atoms with Gasteiger partial charge < -0.3 is 9.51 Å². The number of nitrogens with zero attached hydrogens (tertiary/aromatic N) is 2. The summed E-state index contributed by atoms with van der Waals surface area (Å²) in [5, 5.41) is 8.85. The van der Waals surface area contributed by atoms with Gasteiger partial charge in [0.15, 0.2) is 6.29 Å². The lowest BCUT2D eigenvalue weighted by atomic mass is 10.2. The highest BCUT2D eigenvalue weighted by Gasteiger charge is 2.11. The molecule has 0 spiro atoms. The van der Waals surface area contributed by atoms with Crippen molar-refractivity contribution in [2.45, 2.75) is 13.3 Å². The minimum atomic E-state index is -1.02. The molecule has 82 valence electrons. The summed E-state index contributed by atoms with van der Waals surface area (Å²) in [6.45, 7) is 1.93. The molecule has 5 heteroatoms. The van der Waals surface area contributed by atoms with E-state index in [4.69, 9.17) is 5.11 Å². The van der Waals surface area contributed by atoms with Gasteiger partial charge in [-0.1, -0.05) is 6.92 Å². The summed E-state index contributed by atoms with van der Waals surface area (Å²) in [4.78, 5) is 25.7. The molecule has 0 aliphatic rings. The number of aromatic nitrogens is 2. The highest BCUT2D eigenvalue weighted by molar-refractivity contribution is 5.91. The van der Waals surface area contributed by atoms with Gasteiger partial charge in [-0.15, -0.1) is 0 Å². The monoisotopic (exact) mass is 218 g/mol. The third-order valence-electron chi connectivity index (χ3n) is 2.42. The standard InChI is InChI=1S/C11H10N2O3/c1-2-10-12-8(6-14)9-5-7(11(15)16)3-4-13(9)10/h3-6H,2H2,1H3,(H,15,16). The molecular formula is C11H10N2O3. The zero-order chi connectivity index (χ0) is 11.7. The molecule has 5 nitrogen and oxygen atoms in total. The lowest BCUT2D eigenvalue weighted by Gasteiger charge is -1.99. The quantitative estimate of drug-likeness (QED) is 0.790. The SMILES string of the molecule is CCc1nc(C=O)c2cc(C(=O)O)ccn12. The van der Waals surface area contributed by atoms with E-state index in [1.807, 2.05) is 6.92 Å². The summed E-state index contributed by atoms with van der Waals surface area (Å²) in [5.74, 6) is -0.271. The molecule has 0 aliphatic carbocycles. The van der Waals surface area contributed by atoms with Crippen molar-refractivity contribution < 1.29 is 14.7 Å². The Kier molecular flexibility index (Phi) is 2.44. The second-order valence-corrected chi connectivity index (χ2v) is 3.36. The Morgan fingerprint density at radius 1 is 1.62 bits per heavy atom. The number of pyridine rings is 1. The van der Waals surface area contributed by atoms with Crippen LogP contribution in [0.4, 0.5) is 0 Å². The van der Waals surface area contributed by atoms with E-state index in [1.54, 1.807) is 10.6 Å². The second kappa shape index (κ2) is 3.77. The summed E-state index contributed by atoms with van der Waals surface area (Å²) in [7, 11) is 0. The fourth-order valence-corrected chi connectivity index (χ4v) is 1.64. The van der Waals surface area contributed by atoms with Crippen LogP contribution >= 0.6 is 0 Å². The summed E-state index contributed by atoms with van der Waals surface area (Å²) in [5.41, 5.74) is 0.963. The Morgan fingerprint density at radius 2 is 2.38 bits per heavy atom. The Hall–Kier alpha value is -2.17. The van der Waals surface area contributed by atoms with E-state index in [9.17, 15) is 9.59 Å². The maximum atomic E-state index is 10.8. The van der Waals surface area contributed by atoms with Crippen molar-refractivity contribution in [3.05, 3.63) is 35.4 Å². The number of aldehydes is 1. The smallest absolute Gasteiger partial charge is 0.335 e. The van der Waals surface area contributed by atoms with Gasteiger partial charge in [-0.3, -0.25) is 4.79 Å². The van der Waals surface area contributed by atoms with E-state index in [-0.39, 0.29) is 11.3 Å². The summed E-state index contributed by atoms with van der Waals surface area (Å²) < 4.78 is 1.73. The first-order chi connectivity index (χ1) is 7.67. The van der Waals surface area contributed by atoms with Crippen molar-refractivity contribution in [2.24, 2.45) is 0 Å². The van der Waals surface area contributed by atoms with E-state index < -0.39 is 5.97 Å². The number of carbonyl (C=O) groups is 2. The average Bonchev–Trinajstić information content (AvgIpc) is 2.65. The molecule has 1 N–H and O–H groups in total. The van der Waals surface area contributed by atoms with Crippen molar-refractivity contribution in [1.82, 2.24) is 9.38 Å². The predicted octanol–water partition coefficient (Wildman–Crippen LogP) is 1.41. The van der Waals surface area contributed by atoms with E-state index in [2.05, 4.69) is 4.98 Å². The number of rotatable bonds is 3. The highest BCUT2D eigenvalue weighted by Crippen LogP contribution is 2.14. The zero-order valence-corrected chi connectivity index (χ0v) is 8.67. The fraction of sp³-hybridized carbons (Fsp3) is 0.182. The summed E-state index contributed by atoms with van der Waals surface area (Å²) in [6, 6.07) is 2.95. The molecule has 0 saturated carbocycles. The number of fused-ring (bicyclic) bond motifs is 1. The number of carbonyl (C=O) groups excluding carboxylic acids is 1. The van der Waals surface area contributed by atoms with Crippen molar-refractivity contribution in [2.75, 3.05) is 0 Å². The lowest BCUT2D eigenvalue weighted by molar-refractivity contribution is 0.0696. The van der Waals surface area contributed by atoms with Crippen LogP contribution in [0.25, 0.3) is 5.52 Å². The molecule has 2 heterocycles. The molecule has 0 fully saturated rings. The van der Waals surface area contributed by atoms with E-state index in [0.717, 1.165) is 5.82 Å². The molecule has 0 radical (unpaired) electrons. The molecule has 0 aromatic carbocycles. The third kappa shape index (κ3) is 1.46. The van der Waals surface area contributed by atoms with E-state index in [0.29, 0.717) is 18.2 Å². The summed E-state index contributed by atoms with van der Waals surface area (Å²) >= 11 is 0. The van der Waals surface area contributed by atoms with Crippen molar-refractivity contribution in [3.8, 4) is 0 Å². The van der Waals surface area contributed by atoms with Gasteiger partial charge in [-0.25, -0.2) is 9.78 Å². The van der Waals surface area contributed by atoms with E-state index in [1.165, 1.54) is 12.1 Å². The van der Waals surface area contributed by atoms with Gasteiger partial charge in [0.1, 0.15) is 11.5 Å². The average molecular weight is 218 g/mol. The zero-order valence-electron chi connectivity index (χ0n) is 8.67. The van der Waals surface area contributed by atoms with Crippen molar-refractivity contribution >= 4 is 17.8 Å². The first-order valence-corrected chi connectivity index (χ1v) is 4.86. The van der Waals surface area contributed by atoms with Gasteiger partial charge in [-0.2, -0.15) is 0 Å². The normalized spacial score (nSPS) is 10.6. The molecule has 2 aromatic rings. The topological polar surface area (TPSA) is 71.7 Å². The molecule has 0 saturated heterocycles. The lowest BCUT2D eigenvalue weighted by Crippen LogP contribution is -1.99. The number of aromatic carboxylic acids is 1. The molecule has 0 amide bonds. The van der Waals surface area contributed by atoms with Gasteiger partial charge >= 0.3 is 5.97 Å². The molecule has 0 atom stereocenters. The molecule has 2 aromatic heterocycles. The number of hydrogen-bond acceptors (Lipinski definition) is 3. The number of hydrogen-bond donors (Lipinski definition) is 1. The Labute approximate surface area is 91.3 Å². The highest BCUT2D eigenvalue weighted by atomic mass is 16.4. The van der Waals surface area contributed by atoms with Crippen LogP contribution in [0.1, 0.15) is 33.6 Å². The molecule has 16 heavy (non-hydrogen) atoms. The maximum Gasteiger partial charge on any atom is 0.335 e. The number of carboxylic acid groups (broad SMARTS) is 1. The number of aryl methyl sites for hydroxylation is 1. The van der Waals surface area contributed by atoms with Crippen LogP contribution < -0.4 is 0 Å². The van der Waals surface area contributed by atoms with Crippen LogP contribution in [0.3, 0.4) is 0 Å². The van der Waals surface area contributed by atoms with Gasteiger partial charge in [0.2, 0.25) is 0 Å². The van der Waals surface area contributed by atoms with Crippen molar-refractivity contribution in [3.63, 3.8) is 0 Å². The minimum absolute atomic E-state index is 0.151. The van der Waals surface area contributed by atoms with Gasteiger partial charge in [0.25, 0.3) is 0 Å². The van der Waals surface area contributed by atoms with Crippen molar-refractivity contribution in [1.29, 1.82) is 0 Å². The molecule has 0 bridgehead atoms. The first-order valence-electron chi connectivity index (χ1n) is 4.86. The van der Waals surface area contributed by atoms with Crippen LogP contribution in [0, 0.1) is 0 Å². The van der Waals surface area contributed by atoms with Crippen LogP contribution in [0.2, 0.25) is 0 Å². The minimum Gasteiger partial charge on any atom is -0.478 e. The fourth-order valence-electron chi connectivity index (χ4n) is 1.64. The van der Waals surface area contributed by atoms with Crippen LogP contribution in [0.5, 0.6) is 0 Å². The van der Waals surface area contributed by atoms with Crippen LogP contribution in [0.15, 0.2) is 18.3 Å². The maximum absolute atomic E-state index is 10.8. The van der Waals surface area contributed by atoms with Gasteiger partial charge in [0, 0.05) is 12.6 Å². The van der Waals surface area contributed by atoms with Crippen LogP contribution in [-0.4, -0.2) is 26.7 Å². The van der Waals surface area contributed by atoms with Gasteiger partial charge in [0.05, 0.1) is 11.1 Å².